The van der Waals surface area contributed by atoms with Gasteiger partial charge in [-0.1, -0.05) is 52.3 Å². The Bertz CT molecular complexity index is 918. The summed E-state index contributed by atoms with van der Waals surface area (Å²) >= 11 is 3.42. The molecule has 0 bridgehead atoms. The van der Waals surface area contributed by atoms with E-state index in [0.29, 0.717) is 25.3 Å². The van der Waals surface area contributed by atoms with Gasteiger partial charge in [-0.15, -0.1) is 0 Å². The van der Waals surface area contributed by atoms with Crippen LogP contribution in [0, 0.1) is 0 Å². The number of halogens is 1. The molecule has 4 rings (SSSR count). The van der Waals surface area contributed by atoms with E-state index in [4.69, 9.17) is 4.42 Å². The maximum atomic E-state index is 12.5. The van der Waals surface area contributed by atoms with Crippen molar-refractivity contribution in [1.29, 1.82) is 0 Å². The van der Waals surface area contributed by atoms with E-state index in [1.165, 1.54) is 11.1 Å². The van der Waals surface area contributed by atoms with Crippen molar-refractivity contribution in [3.63, 3.8) is 0 Å². The van der Waals surface area contributed by atoms with Gasteiger partial charge in [0.2, 0.25) is 5.91 Å². The van der Waals surface area contributed by atoms with Crippen LogP contribution in [-0.2, 0) is 24.2 Å². The van der Waals surface area contributed by atoms with Gasteiger partial charge in [0.05, 0.1) is 6.20 Å². The Morgan fingerprint density at radius 2 is 1.88 bits per heavy atom. The molecule has 0 fully saturated rings. The number of carbonyl (C=O) groups is 1. The Hall–Kier alpha value is -2.40. The van der Waals surface area contributed by atoms with Gasteiger partial charge in [-0.3, -0.25) is 4.79 Å². The first-order valence-electron chi connectivity index (χ1n) is 8.74. The third-order valence-electron chi connectivity index (χ3n) is 4.72. The summed E-state index contributed by atoms with van der Waals surface area (Å²) < 4.78 is 6.83. The van der Waals surface area contributed by atoms with Gasteiger partial charge in [0.15, 0.2) is 11.7 Å². The van der Waals surface area contributed by atoms with Crippen LogP contribution in [0.5, 0.6) is 0 Å². The number of aromatic nitrogens is 1. The first kappa shape index (κ1) is 17.0. The number of rotatable bonds is 4. The molecule has 26 heavy (non-hydrogen) atoms. The van der Waals surface area contributed by atoms with Gasteiger partial charge in [-0.05, 0) is 29.7 Å². The van der Waals surface area contributed by atoms with Crippen molar-refractivity contribution < 1.29 is 9.21 Å². The second kappa shape index (κ2) is 7.46. The molecule has 0 unspecified atom stereocenters. The number of oxazole rings is 1. The van der Waals surface area contributed by atoms with Crippen LogP contribution in [0.2, 0.25) is 0 Å². The topological polar surface area (TPSA) is 46.3 Å². The molecule has 1 aliphatic heterocycles. The molecule has 5 heteroatoms. The Morgan fingerprint density at radius 1 is 1.12 bits per heavy atom. The van der Waals surface area contributed by atoms with Gasteiger partial charge in [0, 0.05) is 36.0 Å². The van der Waals surface area contributed by atoms with Crippen LogP contribution < -0.4 is 0 Å². The summed E-state index contributed by atoms with van der Waals surface area (Å²) in [5.41, 5.74) is 3.58. The number of hydrogen-bond donors (Lipinski definition) is 0. The van der Waals surface area contributed by atoms with Crippen LogP contribution >= 0.6 is 15.9 Å². The molecule has 1 amide bonds. The van der Waals surface area contributed by atoms with E-state index in [1.54, 1.807) is 6.20 Å². The summed E-state index contributed by atoms with van der Waals surface area (Å²) in [4.78, 5) is 18.8. The molecule has 0 saturated carbocycles. The Morgan fingerprint density at radius 3 is 2.69 bits per heavy atom. The molecule has 2 aromatic carbocycles. The fourth-order valence-corrected chi connectivity index (χ4v) is 3.52. The van der Waals surface area contributed by atoms with Crippen LogP contribution in [0.25, 0.3) is 11.3 Å². The van der Waals surface area contributed by atoms with E-state index in [-0.39, 0.29) is 5.91 Å². The lowest BCUT2D eigenvalue weighted by atomic mass is 9.99. The number of fused-ring (bicyclic) bond motifs is 1. The van der Waals surface area contributed by atoms with Gasteiger partial charge in [-0.25, -0.2) is 4.98 Å². The van der Waals surface area contributed by atoms with Crippen LogP contribution in [-0.4, -0.2) is 22.3 Å². The smallest absolute Gasteiger partial charge is 0.223 e. The van der Waals surface area contributed by atoms with Crippen molar-refractivity contribution in [2.75, 3.05) is 6.54 Å². The number of carbonyl (C=O) groups excluding carboxylic acids is 1. The van der Waals surface area contributed by atoms with Gasteiger partial charge in [0.25, 0.3) is 0 Å². The lowest BCUT2D eigenvalue weighted by molar-refractivity contribution is -0.132. The van der Waals surface area contributed by atoms with E-state index in [9.17, 15) is 4.79 Å². The highest BCUT2D eigenvalue weighted by atomic mass is 79.9. The summed E-state index contributed by atoms with van der Waals surface area (Å²) in [5, 5.41) is 0. The zero-order valence-corrected chi connectivity index (χ0v) is 15.9. The number of nitrogens with zero attached hydrogens (tertiary/aromatic N) is 2. The number of hydrogen-bond acceptors (Lipinski definition) is 3. The fraction of sp³-hybridized carbons (Fsp3) is 0.238. The standard InChI is InChI=1S/C21H19BrN2O2/c22-18-7-5-16(6-8-18)19-13-23-20(26-19)9-10-21(25)24-12-11-15-3-1-2-4-17(15)14-24/h1-8,13H,9-12,14H2. The van der Waals surface area contributed by atoms with Crippen molar-refractivity contribution in [3.05, 3.63) is 76.2 Å². The highest BCUT2D eigenvalue weighted by Gasteiger charge is 2.20. The van der Waals surface area contributed by atoms with Crippen molar-refractivity contribution in [1.82, 2.24) is 9.88 Å². The van der Waals surface area contributed by atoms with Crippen LogP contribution in [0.15, 0.2) is 63.6 Å². The molecule has 0 spiro atoms. The van der Waals surface area contributed by atoms with E-state index < -0.39 is 0 Å². The number of aryl methyl sites for hydroxylation is 1. The molecule has 0 atom stereocenters. The normalized spacial score (nSPS) is 13.5. The largest absolute Gasteiger partial charge is 0.441 e. The molecular weight excluding hydrogens is 392 g/mol. The minimum Gasteiger partial charge on any atom is -0.441 e. The first-order chi connectivity index (χ1) is 12.7. The third kappa shape index (κ3) is 3.73. The zero-order chi connectivity index (χ0) is 17.9. The lowest BCUT2D eigenvalue weighted by Crippen LogP contribution is -2.36. The number of amides is 1. The van der Waals surface area contributed by atoms with Crippen molar-refractivity contribution in [2.24, 2.45) is 0 Å². The summed E-state index contributed by atoms with van der Waals surface area (Å²) in [5.74, 6) is 1.49. The summed E-state index contributed by atoms with van der Waals surface area (Å²) in [6, 6.07) is 16.2. The van der Waals surface area contributed by atoms with Crippen LogP contribution in [0.3, 0.4) is 0 Å². The SMILES string of the molecule is O=C(CCc1ncc(-c2ccc(Br)cc2)o1)N1CCc2ccccc2C1. The minimum atomic E-state index is 0.155. The summed E-state index contributed by atoms with van der Waals surface area (Å²) in [7, 11) is 0. The second-order valence-electron chi connectivity index (χ2n) is 6.46. The fourth-order valence-electron chi connectivity index (χ4n) is 3.25. The average Bonchev–Trinajstić information content (AvgIpc) is 3.15. The van der Waals surface area contributed by atoms with Gasteiger partial charge < -0.3 is 9.32 Å². The van der Waals surface area contributed by atoms with Crippen LogP contribution in [0.4, 0.5) is 0 Å². The monoisotopic (exact) mass is 410 g/mol. The Labute approximate surface area is 161 Å². The van der Waals surface area contributed by atoms with E-state index >= 15 is 0 Å². The van der Waals surface area contributed by atoms with Gasteiger partial charge in [-0.2, -0.15) is 0 Å². The highest BCUT2D eigenvalue weighted by molar-refractivity contribution is 9.10. The predicted octanol–water partition coefficient (Wildman–Crippen LogP) is 4.62. The van der Waals surface area contributed by atoms with Crippen LogP contribution in [0.1, 0.15) is 23.4 Å². The predicted molar refractivity (Wildman–Crippen MR) is 104 cm³/mol. The first-order valence-corrected chi connectivity index (χ1v) is 9.53. The molecule has 4 nitrogen and oxygen atoms in total. The molecule has 1 aromatic heterocycles. The van der Waals surface area contributed by atoms with Gasteiger partial charge >= 0.3 is 0 Å². The van der Waals surface area contributed by atoms with Crippen molar-refractivity contribution in [2.45, 2.75) is 25.8 Å². The molecule has 0 aliphatic carbocycles. The Balaban J connectivity index is 1.36. The quantitative estimate of drug-likeness (QED) is 0.630. The molecular formula is C21H19BrN2O2. The molecule has 0 saturated heterocycles. The van der Waals surface area contributed by atoms with E-state index in [0.717, 1.165) is 28.8 Å². The average molecular weight is 411 g/mol. The molecule has 0 N–H and O–H groups in total. The number of benzene rings is 2. The molecule has 0 radical (unpaired) electrons. The van der Waals surface area contributed by atoms with E-state index in [2.05, 4.69) is 39.1 Å². The lowest BCUT2D eigenvalue weighted by Gasteiger charge is -2.28. The van der Waals surface area contributed by atoms with Gasteiger partial charge in [0.1, 0.15) is 0 Å². The van der Waals surface area contributed by atoms with Crippen molar-refractivity contribution >= 4 is 21.8 Å². The second-order valence-corrected chi connectivity index (χ2v) is 7.37. The van der Waals surface area contributed by atoms with Crippen molar-refractivity contribution in [3.8, 4) is 11.3 Å². The molecule has 132 valence electrons. The summed E-state index contributed by atoms with van der Waals surface area (Å²) in [6.45, 7) is 1.48. The molecule has 2 heterocycles. The highest BCUT2D eigenvalue weighted by Crippen LogP contribution is 2.23. The zero-order valence-electron chi connectivity index (χ0n) is 14.3. The Kier molecular flexibility index (Phi) is 4.89. The summed E-state index contributed by atoms with van der Waals surface area (Å²) in [6.07, 6.45) is 3.59. The maximum absolute atomic E-state index is 12.5. The maximum Gasteiger partial charge on any atom is 0.223 e. The van der Waals surface area contributed by atoms with E-state index in [1.807, 2.05) is 35.2 Å². The third-order valence-corrected chi connectivity index (χ3v) is 5.25. The molecule has 1 aliphatic rings. The minimum absolute atomic E-state index is 0.155. The molecule has 3 aromatic rings.